The molecule has 24 heavy (non-hydrogen) atoms. The Labute approximate surface area is 142 Å². The number of hydrogen-bond acceptors (Lipinski definition) is 4. The Morgan fingerprint density at radius 3 is 2.42 bits per heavy atom. The van der Waals surface area contributed by atoms with E-state index in [1.54, 1.807) is 36.1 Å². The SMILES string of the molecule is CC(C)CNC(=O)[C@@H](C)OC(=O)c1ccc(N2CCCC2=O)cc1. The van der Waals surface area contributed by atoms with Crippen LogP contribution in [0.3, 0.4) is 0 Å². The fourth-order valence-electron chi connectivity index (χ4n) is 2.43. The molecule has 0 spiro atoms. The van der Waals surface area contributed by atoms with E-state index in [0.29, 0.717) is 31.0 Å². The molecule has 1 aromatic carbocycles. The number of carbonyl (C=O) groups excluding carboxylic acids is 3. The average Bonchev–Trinajstić information content (AvgIpc) is 2.98. The summed E-state index contributed by atoms with van der Waals surface area (Å²) in [6, 6.07) is 6.68. The number of rotatable bonds is 6. The third kappa shape index (κ3) is 4.57. The molecule has 6 heteroatoms. The second-order valence-corrected chi connectivity index (χ2v) is 6.38. The molecule has 6 nitrogen and oxygen atoms in total. The van der Waals surface area contributed by atoms with Gasteiger partial charge in [0.15, 0.2) is 6.10 Å². The summed E-state index contributed by atoms with van der Waals surface area (Å²) >= 11 is 0. The zero-order chi connectivity index (χ0) is 17.7. The van der Waals surface area contributed by atoms with E-state index in [1.165, 1.54) is 0 Å². The molecule has 1 fully saturated rings. The normalized spacial score (nSPS) is 15.5. The minimum Gasteiger partial charge on any atom is -0.449 e. The lowest BCUT2D eigenvalue weighted by Gasteiger charge is -2.17. The highest BCUT2D eigenvalue weighted by Gasteiger charge is 2.22. The van der Waals surface area contributed by atoms with Crippen molar-refractivity contribution in [2.24, 2.45) is 5.92 Å². The van der Waals surface area contributed by atoms with Crippen molar-refractivity contribution < 1.29 is 19.1 Å². The number of esters is 1. The minimum absolute atomic E-state index is 0.0979. The lowest BCUT2D eigenvalue weighted by molar-refractivity contribution is -0.129. The summed E-state index contributed by atoms with van der Waals surface area (Å²) in [5.74, 6) is -0.434. The van der Waals surface area contributed by atoms with Crippen LogP contribution in [0.2, 0.25) is 0 Å². The summed E-state index contributed by atoms with van der Waals surface area (Å²) in [4.78, 5) is 37.4. The highest BCUT2D eigenvalue weighted by molar-refractivity contribution is 5.96. The van der Waals surface area contributed by atoms with Crippen molar-refractivity contribution >= 4 is 23.5 Å². The van der Waals surface area contributed by atoms with Crippen molar-refractivity contribution in [2.75, 3.05) is 18.0 Å². The third-order valence-electron chi connectivity index (χ3n) is 3.83. The maximum atomic E-state index is 12.1. The van der Waals surface area contributed by atoms with Crippen molar-refractivity contribution in [3.05, 3.63) is 29.8 Å². The Hall–Kier alpha value is -2.37. The van der Waals surface area contributed by atoms with Crippen LogP contribution < -0.4 is 10.2 Å². The van der Waals surface area contributed by atoms with Gasteiger partial charge in [0, 0.05) is 25.2 Å². The van der Waals surface area contributed by atoms with Gasteiger partial charge in [-0.15, -0.1) is 0 Å². The predicted molar refractivity (Wildman–Crippen MR) is 90.8 cm³/mol. The maximum Gasteiger partial charge on any atom is 0.338 e. The molecular formula is C18H24N2O4. The second-order valence-electron chi connectivity index (χ2n) is 6.38. The van der Waals surface area contributed by atoms with Gasteiger partial charge in [-0.3, -0.25) is 9.59 Å². The summed E-state index contributed by atoms with van der Waals surface area (Å²) in [5, 5.41) is 2.73. The molecule has 1 aliphatic rings. The monoisotopic (exact) mass is 332 g/mol. The molecule has 1 atom stereocenters. The van der Waals surface area contributed by atoms with Crippen LogP contribution in [0, 0.1) is 5.92 Å². The van der Waals surface area contributed by atoms with Crippen molar-refractivity contribution in [2.45, 2.75) is 39.7 Å². The van der Waals surface area contributed by atoms with Gasteiger partial charge in [0.25, 0.3) is 5.91 Å². The van der Waals surface area contributed by atoms with Crippen LogP contribution in [-0.2, 0) is 14.3 Å². The molecule has 2 rings (SSSR count). The summed E-state index contributed by atoms with van der Waals surface area (Å²) < 4.78 is 5.19. The zero-order valence-corrected chi connectivity index (χ0v) is 14.4. The third-order valence-corrected chi connectivity index (χ3v) is 3.83. The summed E-state index contributed by atoms with van der Waals surface area (Å²) in [7, 11) is 0. The number of nitrogens with zero attached hydrogens (tertiary/aromatic N) is 1. The lowest BCUT2D eigenvalue weighted by atomic mass is 10.2. The van der Waals surface area contributed by atoms with Gasteiger partial charge in [0.1, 0.15) is 0 Å². The van der Waals surface area contributed by atoms with Crippen molar-refractivity contribution in [3.8, 4) is 0 Å². The Morgan fingerprint density at radius 2 is 1.88 bits per heavy atom. The first kappa shape index (κ1) is 18.0. The Bertz CT molecular complexity index is 610. The van der Waals surface area contributed by atoms with E-state index in [9.17, 15) is 14.4 Å². The van der Waals surface area contributed by atoms with Crippen LogP contribution in [0.5, 0.6) is 0 Å². The van der Waals surface area contributed by atoms with Gasteiger partial charge in [-0.05, 0) is 43.5 Å². The molecule has 1 saturated heterocycles. The highest BCUT2D eigenvalue weighted by Crippen LogP contribution is 2.21. The zero-order valence-electron chi connectivity index (χ0n) is 14.4. The van der Waals surface area contributed by atoms with Crippen LogP contribution in [0.1, 0.15) is 44.0 Å². The molecule has 1 aliphatic heterocycles. The lowest BCUT2D eigenvalue weighted by Crippen LogP contribution is -2.37. The molecule has 0 aliphatic carbocycles. The van der Waals surface area contributed by atoms with Gasteiger partial charge in [-0.2, -0.15) is 0 Å². The number of ether oxygens (including phenoxy) is 1. The Morgan fingerprint density at radius 1 is 1.21 bits per heavy atom. The van der Waals surface area contributed by atoms with Crippen LogP contribution in [-0.4, -0.2) is 37.0 Å². The quantitative estimate of drug-likeness (QED) is 0.810. The molecule has 1 N–H and O–H groups in total. The van der Waals surface area contributed by atoms with Crippen molar-refractivity contribution in [1.29, 1.82) is 0 Å². The standard InChI is InChI=1S/C18H24N2O4/c1-12(2)11-19-17(22)13(3)24-18(23)14-6-8-15(9-7-14)20-10-4-5-16(20)21/h6-9,12-13H,4-5,10-11H2,1-3H3,(H,19,22)/t13-/m1/s1. The number of benzene rings is 1. The first-order chi connectivity index (χ1) is 11.4. The van der Waals surface area contributed by atoms with Crippen molar-refractivity contribution in [3.63, 3.8) is 0 Å². The summed E-state index contributed by atoms with van der Waals surface area (Å²) in [6.07, 6.45) is 0.564. The molecule has 0 aromatic heterocycles. The van der Waals surface area contributed by atoms with E-state index < -0.39 is 12.1 Å². The number of amides is 2. The smallest absolute Gasteiger partial charge is 0.338 e. The summed E-state index contributed by atoms with van der Waals surface area (Å²) in [6.45, 7) is 6.77. The molecule has 2 amide bonds. The van der Waals surface area contributed by atoms with Gasteiger partial charge in [-0.25, -0.2) is 4.79 Å². The fourth-order valence-corrected chi connectivity index (χ4v) is 2.43. The Kier molecular flexibility index (Phi) is 5.95. The van der Waals surface area contributed by atoms with Crippen LogP contribution in [0.15, 0.2) is 24.3 Å². The number of nitrogens with one attached hydrogen (secondary N) is 1. The topological polar surface area (TPSA) is 75.7 Å². The molecule has 0 bridgehead atoms. The van der Waals surface area contributed by atoms with Gasteiger partial charge in [0.2, 0.25) is 5.91 Å². The Balaban J connectivity index is 1.92. The van der Waals surface area contributed by atoms with Gasteiger partial charge in [0.05, 0.1) is 5.56 Å². The number of carbonyl (C=O) groups is 3. The maximum absolute atomic E-state index is 12.1. The van der Waals surface area contributed by atoms with E-state index in [0.717, 1.165) is 12.1 Å². The van der Waals surface area contributed by atoms with Gasteiger partial charge >= 0.3 is 5.97 Å². The fraction of sp³-hybridized carbons (Fsp3) is 0.500. The molecule has 0 unspecified atom stereocenters. The molecule has 1 heterocycles. The highest BCUT2D eigenvalue weighted by atomic mass is 16.5. The largest absolute Gasteiger partial charge is 0.449 e. The first-order valence-corrected chi connectivity index (χ1v) is 8.27. The molecule has 0 radical (unpaired) electrons. The van der Waals surface area contributed by atoms with E-state index in [-0.39, 0.29) is 11.8 Å². The molecular weight excluding hydrogens is 308 g/mol. The van der Waals surface area contributed by atoms with E-state index >= 15 is 0 Å². The number of anilines is 1. The molecule has 130 valence electrons. The van der Waals surface area contributed by atoms with Gasteiger partial charge < -0.3 is 15.0 Å². The molecule has 1 aromatic rings. The van der Waals surface area contributed by atoms with E-state index in [1.807, 2.05) is 13.8 Å². The molecule has 0 saturated carbocycles. The van der Waals surface area contributed by atoms with Crippen LogP contribution in [0.25, 0.3) is 0 Å². The average molecular weight is 332 g/mol. The van der Waals surface area contributed by atoms with Crippen LogP contribution in [0.4, 0.5) is 5.69 Å². The van der Waals surface area contributed by atoms with E-state index in [2.05, 4.69) is 5.32 Å². The first-order valence-electron chi connectivity index (χ1n) is 8.27. The van der Waals surface area contributed by atoms with E-state index in [4.69, 9.17) is 4.74 Å². The van der Waals surface area contributed by atoms with Gasteiger partial charge in [-0.1, -0.05) is 13.8 Å². The summed E-state index contributed by atoms with van der Waals surface area (Å²) in [5.41, 5.74) is 1.13. The van der Waals surface area contributed by atoms with Crippen molar-refractivity contribution in [1.82, 2.24) is 5.32 Å². The van der Waals surface area contributed by atoms with Crippen LogP contribution >= 0.6 is 0 Å². The predicted octanol–water partition coefficient (Wildman–Crippen LogP) is 2.13. The number of hydrogen-bond donors (Lipinski definition) is 1. The minimum atomic E-state index is -0.851. The second kappa shape index (κ2) is 7.95.